The van der Waals surface area contributed by atoms with Crippen LogP contribution in [0.1, 0.15) is 25.2 Å². The molecule has 0 saturated heterocycles. The molecule has 1 rings (SSSR count). The van der Waals surface area contributed by atoms with Crippen molar-refractivity contribution in [1.82, 2.24) is 9.97 Å². The van der Waals surface area contributed by atoms with Gasteiger partial charge in [0.05, 0.1) is 11.4 Å². The van der Waals surface area contributed by atoms with Gasteiger partial charge in [-0.3, -0.25) is 0 Å². The molecule has 0 atom stereocenters. The smallest absolute Gasteiger partial charge is 0.171 e. The van der Waals surface area contributed by atoms with Crippen molar-refractivity contribution in [3.05, 3.63) is 16.5 Å². The molecule has 0 aliphatic rings. The van der Waals surface area contributed by atoms with Crippen molar-refractivity contribution >= 4 is 17.4 Å². The number of aryl methyl sites for hydroxylation is 2. The zero-order valence-electron chi connectivity index (χ0n) is 9.06. The molecule has 1 aromatic heterocycles. The van der Waals surface area contributed by atoms with Crippen LogP contribution in [-0.4, -0.2) is 16.5 Å². The maximum absolute atomic E-state index is 5.95. The van der Waals surface area contributed by atoms with Gasteiger partial charge in [0.15, 0.2) is 11.0 Å². The van der Waals surface area contributed by atoms with E-state index in [1.807, 2.05) is 13.8 Å². The third-order valence-corrected chi connectivity index (χ3v) is 2.21. The molecule has 0 aliphatic carbocycles. The van der Waals surface area contributed by atoms with Crippen molar-refractivity contribution in [1.29, 1.82) is 0 Å². The molecule has 1 heterocycles. The van der Waals surface area contributed by atoms with E-state index in [9.17, 15) is 0 Å². The largest absolute Gasteiger partial charge is 0.367 e. The van der Waals surface area contributed by atoms with Crippen LogP contribution in [-0.2, 0) is 0 Å². The maximum atomic E-state index is 5.95. The van der Waals surface area contributed by atoms with Crippen LogP contribution in [0.15, 0.2) is 0 Å². The SMILES string of the molecule is Cc1nc(Cl)c(NCC(C)C)nc1C. The lowest BCUT2D eigenvalue weighted by atomic mass is 10.2. The highest BCUT2D eigenvalue weighted by Gasteiger charge is 2.06. The Morgan fingerprint density at radius 1 is 1.21 bits per heavy atom. The van der Waals surface area contributed by atoms with Crippen molar-refractivity contribution in [2.75, 3.05) is 11.9 Å². The third-order valence-electron chi connectivity index (χ3n) is 1.94. The summed E-state index contributed by atoms with van der Waals surface area (Å²) in [5.74, 6) is 1.25. The molecule has 0 fully saturated rings. The number of nitrogens with one attached hydrogen (secondary N) is 1. The van der Waals surface area contributed by atoms with E-state index in [0.717, 1.165) is 17.9 Å². The maximum Gasteiger partial charge on any atom is 0.171 e. The summed E-state index contributed by atoms with van der Waals surface area (Å²) >= 11 is 5.95. The van der Waals surface area contributed by atoms with Crippen LogP contribution in [0.2, 0.25) is 5.15 Å². The normalized spacial score (nSPS) is 10.7. The van der Waals surface area contributed by atoms with Crippen LogP contribution in [0.3, 0.4) is 0 Å². The number of hydrogen-bond donors (Lipinski definition) is 1. The Balaban J connectivity index is 2.82. The van der Waals surface area contributed by atoms with Crippen LogP contribution in [0.5, 0.6) is 0 Å². The minimum atomic E-state index is 0.453. The van der Waals surface area contributed by atoms with Crippen LogP contribution in [0, 0.1) is 19.8 Å². The van der Waals surface area contributed by atoms with Crippen LogP contribution in [0.4, 0.5) is 5.82 Å². The number of halogens is 1. The lowest BCUT2D eigenvalue weighted by Gasteiger charge is -2.10. The van der Waals surface area contributed by atoms with Gasteiger partial charge in [0.25, 0.3) is 0 Å². The predicted octanol–water partition coefficient (Wildman–Crippen LogP) is 2.81. The third kappa shape index (κ3) is 2.84. The van der Waals surface area contributed by atoms with Crippen LogP contribution >= 0.6 is 11.6 Å². The van der Waals surface area contributed by atoms with Gasteiger partial charge in [-0.05, 0) is 19.8 Å². The molecule has 14 heavy (non-hydrogen) atoms. The first kappa shape index (κ1) is 11.2. The second-order valence-corrected chi connectivity index (χ2v) is 4.17. The monoisotopic (exact) mass is 213 g/mol. The van der Waals surface area contributed by atoms with E-state index in [2.05, 4.69) is 29.1 Å². The summed E-state index contributed by atoms with van der Waals surface area (Å²) in [4.78, 5) is 8.53. The van der Waals surface area contributed by atoms with Gasteiger partial charge in [-0.1, -0.05) is 25.4 Å². The fourth-order valence-corrected chi connectivity index (χ4v) is 1.22. The number of hydrogen-bond acceptors (Lipinski definition) is 3. The number of anilines is 1. The zero-order chi connectivity index (χ0) is 10.7. The van der Waals surface area contributed by atoms with Crippen molar-refractivity contribution in [3.8, 4) is 0 Å². The minimum Gasteiger partial charge on any atom is -0.367 e. The number of aromatic nitrogens is 2. The van der Waals surface area contributed by atoms with Gasteiger partial charge in [-0.15, -0.1) is 0 Å². The van der Waals surface area contributed by atoms with Gasteiger partial charge in [0.2, 0.25) is 0 Å². The van der Waals surface area contributed by atoms with Crippen LogP contribution in [0.25, 0.3) is 0 Å². The summed E-state index contributed by atoms with van der Waals surface area (Å²) in [7, 11) is 0. The lowest BCUT2D eigenvalue weighted by Crippen LogP contribution is -2.11. The highest BCUT2D eigenvalue weighted by Crippen LogP contribution is 2.18. The molecule has 78 valence electrons. The van der Waals surface area contributed by atoms with E-state index in [1.165, 1.54) is 0 Å². The van der Waals surface area contributed by atoms with Gasteiger partial charge in [0.1, 0.15) is 0 Å². The summed E-state index contributed by atoms with van der Waals surface area (Å²) in [5.41, 5.74) is 1.80. The second kappa shape index (κ2) is 4.60. The molecule has 1 aromatic rings. The van der Waals surface area contributed by atoms with Gasteiger partial charge < -0.3 is 5.32 Å². The van der Waals surface area contributed by atoms with E-state index in [1.54, 1.807) is 0 Å². The molecular weight excluding hydrogens is 198 g/mol. The first-order chi connectivity index (χ1) is 6.50. The molecular formula is C10H16ClN3. The first-order valence-electron chi connectivity index (χ1n) is 4.75. The Hall–Kier alpha value is -0.830. The van der Waals surface area contributed by atoms with Crippen molar-refractivity contribution < 1.29 is 0 Å². The van der Waals surface area contributed by atoms with Gasteiger partial charge in [-0.2, -0.15) is 0 Å². The number of rotatable bonds is 3. The van der Waals surface area contributed by atoms with E-state index in [0.29, 0.717) is 16.9 Å². The highest BCUT2D eigenvalue weighted by atomic mass is 35.5. The van der Waals surface area contributed by atoms with Gasteiger partial charge >= 0.3 is 0 Å². The fraction of sp³-hybridized carbons (Fsp3) is 0.600. The predicted molar refractivity (Wildman–Crippen MR) is 59.8 cm³/mol. The van der Waals surface area contributed by atoms with E-state index >= 15 is 0 Å². The summed E-state index contributed by atoms with van der Waals surface area (Å²) < 4.78 is 0. The zero-order valence-corrected chi connectivity index (χ0v) is 9.81. The molecule has 1 N–H and O–H groups in total. The van der Waals surface area contributed by atoms with E-state index in [4.69, 9.17) is 11.6 Å². The van der Waals surface area contributed by atoms with Crippen molar-refractivity contribution in [2.45, 2.75) is 27.7 Å². The standard InChI is InChI=1S/C10H16ClN3/c1-6(2)5-12-10-9(11)13-7(3)8(4)14-10/h6H,5H2,1-4H3,(H,12,14). The molecule has 0 aromatic carbocycles. The molecule has 3 nitrogen and oxygen atoms in total. The summed E-state index contributed by atoms with van der Waals surface area (Å²) in [6, 6.07) is 0. The molecule has 0 bridgehead atoms. The Bertz CT molecular complexity index is 323. The first-order valence-corrected chi connectivity index (χ1v) is 5.13. The van der Waals surface area contributed by atoms with E-state index < -0.39 is 0 Å². The molecule has 0 amide bonds. The second-order valence-electron chi connectivity index (χ2n) is 3.81. The van der Waals surface area contributed by atoms with E-state index in [-0.39, 0.29) is 0 Å². The van der Waals surface area contributed by atoms with Gasteiger partial charge in [0, 0.05) is 6.54 Å². The van der Waals surface area contributed by atoms with Crippen molar-refractivity contribution in [2.24, 2.45) is 5.92 Å². The number of nitrogens with zero attached hydrogens (tertiary/aromatic N) is 2. The highest BCUT2D eigenvalue weighted by molar-refractivity contribution is 6.31. The molecule has 0 radical (unpaired) electrons. The molecule has 4 heteroatoms. The molecule has 0 spiro atoms. The molecule has 0 aliphatic heterocycles. The summed E-state index contributed by atoms with van der Waals surface area (Å²) in [5, 5.41) is 3.63. The molecule has 0 unspecified atom stereocenters. The fourth-order valence-electron chi connectivity index (χ4n) is 0.989. The average Bonchev–Trinajstić information content (AvgIpc) is 2.09. The van der Waals surface area contributed by atoms with Gasteiger partial charge in [-0.25, -0.2) is 9.97 Å². The molecule has 0 saturated carbocycles. The summed E-state index contributed by atoms with van der Waals surface area (Å²) in [6.07, 6.45) is 0. The Kier molecular flexibility index (Phi) is 3.69. The van der Waals surface area contributed by atoms with Crippen LogP contribution < -0.4 is 5.32 Å². The minimum absolute atomic E-state index is 0.453. The van der Waals surface area contributed by atoms with Crippen molar-refractivity contribution in [3.63, 3.8) is 0 Å². The quantitative estimate of drug-likeness (QED) is 0.839. The lowest BCUT2D eigenvalue weighted by molar-refractivity contribution is 0.686. The Morgan fingerprint density at radius 2 is 1.79 bits per heavy atom. The average molecular weight is 214 g/mol. The Labute approximate surface area is 89.9 Å². The topological polar surface area (TPSA) is 37.8 Å². The summed E-state index contributed by atoms with van der Waals surface area (Å²) in [6.45, 7) is 8.96. The Morgan fingerprint density at radius 3 is 2.36 bits per heavy atom.